The Hall–Kier alpha value is -1.00. The van der Waals surface area contributed by atoms with Crippen LogP contribution in [-0.4, -0.2) is 6.54 Å². The van der Waals surface area contributed by atoms with Crippen LogP contribution in [0.4, 0.5) is 5.69 Å². The Balaban J connectivity index is 2.17. The largest absolute Gasteiger partial charge is 0.368 e. The summed E-state index contributed by atoms with van der Waals surface area (Å²) >= 11 is 3.37. The number of hydrogen-bond acceptors (Lipinski definition) is 3. The predicted octanol–water partition coefficient (Wildman–Crippen LogP) is 2.22. The van der Waals surface area contributed by atoms with E-state index in [0.29, 0.717) is 6.54 Å². The minimum Gasteiger partial charge on any atom is -0.368 e. The molecule has 1 saturated heterocycles. The van der Waals surface area contributed by atoms with Crippen LogP contribution in [-0.2, 0) is 4.84 Å². The van der Waals surface area contributed by atoms with E-state index in [1.54, 1.807) is 5.17 Å². The number of halogens is 1. The molecule has 1 aromatic carbocycles. The molecule has 0 spiro atoms. The molecule has 0 unspecified atom stereocenters. The third-order valence-corrected chi connectivity index (χ3v) is 2.23. The third-order valence-electron chi connectivity index (χ3n) is 1.70. The summed E-state index contributed by atoms with van der Waals surface area (Å²) in [6, 6.07) is 7.83. The summed E-state index contributed by atoms with van der Waals surface area (Å²) in [4.78, 5) is 5.30. The van der Waals surface area contributed by atoms with Crippen LogP contribution in [0.1, 0.15) is 0 Å². The number of anilines is 1. The molecule has 1 N–H and O–H groups in total. The number of benzene rings is 1. The van der Waals surface area contributed by atoms with Gasteiger partial charge in [-0.3, -0.25) is 0 Å². The Morgan fingerprint density at radius 3 is 2.62 bits per heavy atom. The predicted molar refractivity (Wildman–Crippen MR) is 54.8 cm³/mol. The summed E-state index contributed by atoms with van der Waals surface area (Å²) in [6.45, 7) is 4.37. The fraction of sp³-hybridized carbons (Fsp3) is 0.111. The van der Waals surface area contributed by atoms with Crippen molar-refractivity contribution in [1.82, 2.24) is 5.43 Å². The van der Waals surface area contributed by atoms with Gasteiger partial charge in [0.1, 0.15) is 5.76 Å². The Kier molecular flexibility index (Phi) is 2.24. The molecule has 13 heavy (non-hydrogen) atoms. The second-order valence-electron chi connectivity index (χ2n) is 2.74. The highest BCUT2D eigenvalue weighted by Gasteiger charge is 2.15. The summed E-state index contributed by atoms with van der Waals surface area (Å²) in [5.41, 5.74) is 4.00. The highest BCUT2D eigenvalue weighted by Crippen LogP contribution is 2.20. The van der Waals surface area contributed by atoms with Gasteiger partial charge in [-0.2, -0.15) is 5.43 Å². The van der Waals surface area contributed by atoms with Crippen molar-refractivity contribution in [2.45, 2.75) is 0 Å². The number of hydrazine groups is 1. The van der Waals surface area contributed by atoms with Gasteiger partial charge >= 0.3 is 0 Å². The zero-order valence-corrected chi connectivity index (χ0v) is 8.54. The molecule has 0 aliphatic carbocycles. The van der Waals surface area contributed by atoms with Crippen LogP contribution in [0.25, 0.3) is 0 Å². The number of nitrogens with zero attached hydrogens (tertiary/aromatic N) is 1. The lowest BCUT2D eigenvalue weighted by Gasteiger charge is -2.15. The van der Waals surface area contributed by atoms with Gasteiger partial charge in [0.05, 0.1) is 12.2 Å². The molecule has 1 aliphatic heterocycles. The van der Waals surface area contributed by atoms with Crippen LogP contribution in [0.3, 0.4) is 0 Å². The van der Waals surface area contributed by atoms with Gasteiger partial charge in [-0.25, -0.2) is 0 Å². The smallest absolute Gasteiger partial charge is 0.142 e. The van der Waals surface area contributed by atoms with Crippen LogP contribution in [0.2, 0.25) is 0 Å². The first kappa shape index (κ1) is 8.59. The molecule has 68 valence electrons. The SMILES string of the molecule is C=C1CNN(c2ccc(Br)cc2)O1. The molecule has 4 heteroatoms. The monoisotopic (exact) mass is 240 g/mol. The van der Waals surface area contributed by atoms with Crippen LogP contribution < -0.4 is 10.6 Å². The van der Waals surface area contributed by atoms with Crippen molar-refractivity contribution >= 4 is 21.6 Å². The zero-order chi connectivity index (χ0) is 9.26. The second kappa shape index (κ2) is 3.40. The third kappa shape index (κ3) is 1.84. The highest BCUT2D eigenvalue weighted by atomic mass is 79.9. The van der Waals surface area contributed by atoms with Gasteiger partial charge in [0.2, 0.25) is 0 Å². The van der Waals surface area contributed by atoms with Gasteiger partial charge in [-0.15, -0.1) is 5.17 Å². The molecule has 0 radical (unpaired) electrons. The molecule has 1 heterocycles. The second-order valence-corrected chi connectivity index (χ2v) is 3.65. The maximum absolute atomic E-state index is 5.30. The summed E-state index contributed by atoms with van der Waals surface area (Å²) in [6.07, 6.45) is 0. The number of hydrogen-bond donors (Lipinski definition) is 1. The highest BCUT2D eigenvalue weighted by molar-refractivity contribution is 9.10. The van der Waals surface area contributed by atoms with Gasteiger partial charge < -0.3 is 4.84 Å². The van der Waals surface area contributed by atoms with Crippen molar-refractivity contribution in [2.24, 2.45) is 0 Å². The van der Waals surface area contributed by atoms with Crippen molar-refractivity contribution in [3.8, 4) is 0 Å². The lowest BCUT2D eigenvalue weighted by Crippen LogP contribution is -2.28. The van der Waals surface area contributed by atoms with Crippen LogP contribution in [0.15, 0.2) is 41.1 Å². The molecule has 2 rings (SSSR count). The summed E-state index contributed by atoms with van der Waals surface area (Å²) < 4.78 is 1.05. The summed E-state index contributed by atoms with van der Waals surface area (Å²) in [5, 5.41) is 1.61. The van der Waals surface area contributed by atoms with Crippen molar-refractivity contribution in [3.05, 3.63) is 41.1 Å². The lowest BCUT2D eigenvalue weighted by atomic mass is 10.3. The first-order valence-corrected chi connectivity index (χ1v) is 4.70. The maximum atomic E-state index is 5.30. The molecular formula is C9H9BrN2O. The Bertz CT molecular complexity index is 323. The van der Waals surface area contributed by atoms with E-state index in [1.807, 2.05) is 24.3 Å². The van der Waals surface area contributed by atoms with Gasteiger partial charge in [0.15, 0.2) is 0 Å². The molecule has 0 aromatic heterocycles. The summed E-state index contributed by atoms with van der Waals surface area (Å²) in [7, 11) is 0. The quantitative estimate of drug-likeness (QED) is 0.815. The average Bonchev–Trinajstić information content (AvgIpc) is 2.53. The van der Waals surface area contributed by atoms with E-state index in [4.69, 9.17) is 4.84 Å². The Labute approximate surface area is 85.0 Å². The Morgan fingerprint density at radius 2 is 2.08 bits per heavy atom. The molecule has 1 aliphatic rings. The average molecular weight is 241 g/mol. The lowest BCUT2D eigenvalue weighted by molar-refractivity contribution is 0.213. The van der Waals surface area contributed by atoms with Crippen LogP contribution in [0.5, 0.6) is 0 Å². The van der Waals surface area contributed by atoms with E-state index in [2.05, 4.69) is 27.9 Å². The van der Waals surface area contributed by atoms with Gasteiger partial charge in [-0.05, 0) is 24.3 Å². The number of rotatable bonds is 1. The van der Waals surface area contributed by atoms with Gasteiger partial charge in [-0.1, -0.05) is 22.5 Å². The molecule has 0 saturated carbocycles. The minimum absolute atomic E-state index is 0.663. The maximum Gasteiger partial charge on any atom is 0.142 e. The fourth-order valence-electron chi connectivity index (χ4n) is 1.07. The molecule has 0 atom stereocenters. The van der Waals surface area contributed by atoms with E-state index in [0.717, 1.165) is 15.9 Å². The van der Waals surface area contributed by atoms with E-state index < -0.39 is 0 Å². The zero-order valence-electron chi connectivity index (χ0n) is 6.96. The fourth-order valence-corrected chi connectivity index (χ4v) is 1.34. The Morgan fingerprint density at radius 1 is 1.38 bits per heavy atom. The van der Waals surface area contributed by atoms with Crippen LogP contribution >= 0.6 is 15.9 Å². The van der Waals surface area contributed by atoms with E-state index in [9.17, 15) is 0 Å². The standard InChI is InChI=1S/C9H9BrN2O/c1-7-6-11-12(13-7)9-4-2-8(10)3-5-9/h2-5,11H,1,6H2. The van der Waals surface area contributed by atoms with Crippen molar-refractivity contribution in [3.63, 3.8) is 0 Å². The van der Waals surface area contributed by atoms with E-state index >= 15 is 0 Å². The molecular weight excluding hydrogens is 232 g/mol. The topological polar surface area (TPSA) is 24.5 Å². The van der Waals surface area contributed by atoms with Crippen molar-refractivity contribution in [2.75, 3.05) is 11.7 Å². The van der Waals surface area contributed by atoms with Crippen molar-refractivity contribution < 1.29 is 4.84 Å². The normalized spacial score (nSPS) is 16.1. The summed E-state index contributed by atoms with van der Waals surface area (Å²) in [5.74, 6) is 0.725. The molecule has 3 nitrogen and oxygen atoms in total. The molecule has 1 fully saturated rings. The first-order valence-electron chi connectivity index (χ1n) is 3.90. The minimum atomic E-state index is 0.663. The van der Waals surface area contributed by atoms with E-state index in [1.165, 1.54) is 0 Å². The van der Waals surface area contributed by atoms with E-state index in [-0.39, 0.29) is 0 Å². The molecule has 0 amide bonds. The molecule has 1 aromatic rings. The first-order chi connectivity index (χ1) is 6.25. The van der Waals surface area contributed by atoms with Crippen molar-refractivity contribution in [1.29, 1.82) is 0 Å². The van der Waals surface area contributed by atoms with Gasteiger partial charge in [0.25, 0.3) is 0 Å². The molecule has 0 bridgehead atoms. The number of nitrogens with one attached hydrogen (secondary N) is 1. The van der Waals surface area contributed by atoms with Gasteiger partial charge in [0, 0.05) is 4.47 Å². The van der Waals surface area contributed by atoms with Crippen LogP contribution in [0, 0.1) is 0 Å².